The van der Waals surface area contributed by atoms with Crippen LogP contribution < -0.4 is 10.6 Å². The summed E-state index contributed by atoms with van der Waals surface area (Å²) in [7, 11) is 0. The Bertz CT molecular complexity index is 697. The van der Waals surface area contributed by atoms with E-state index in [1.54, 1.807) is 0 Å². The lowest BCUT2D eigenvalue weighted by atomic mass is 10.1. The number of carbonyl (C=O) groups excluding carboxylic acids is 2. The molecule has 128 valence electrons. The van der Waals surface area contributed by atoms with Gasteiger partial charge in [0.25, 0.3) is 0 Å². The molecule has 2 aliphatic rings. The smallest absolute Gasteiger partial charge is 0.228 e. The van der Waals surface area contributed by atoms with Gasteiger partial charge >= 0.3 is 0 Å². The van der Waals surface area contributed by atoms with E-state index in [0.29, 0.717) is 5.92 Å². The van der Waals surface area contributed by atoms with Gasteiger partial charge in [0.15, 0.2) is 0 Å². The summed E-state index contributed by atoms with van der Waals surface area (Å²) in [5.74, 6) is 0.580. The van der Waals surface area contributed by atoms with Gasteiger partial charge in [0, 0.05) is 17.3 Å². The minimum absolute atomic E-state index is 0.000840. The molecule has 2 unspecified atom stereocenters. The molecule has 0 aromatic heterocycles. The number of benzene rings is 1. The van der Waals surface area contributed by atoms with E-state index in [2.05, 4.69) is 44.4 Å². The van der Waals surface area contributed by atoms with Crippen molar-refractivity contribution in [2.45, 2.75) is 40.5 Å². The Hall–Kier alpha value is -2.10. The first kappa shape index (κ1) is 16.7. The van der Waals surface area contributed by atoms with Crippen LogP contribution in [0.5, 0.6) is 0 Å². The van der Waals surface area contributed by atoms with Gasteiger partial charge in [-0.1, -0.05) is 31.6 Å². The van der Waals surface area contributed by atoms with E-state index in [1.165, 1.54) is 5.57 Å². The van der Waals surface area contributed by atoms with E-state index in [4.69, 9.17) is 0 Å². The second-order valence-corrected chi connectivity index (χ2v) is 7.90. The van der Waals surface area contributed by atoms with Crippen molar-refractivity contribution in [2.24, 2.45) is 23.2 Å². The Balaban J connectivity index is 1.64. The average molecular weight is 326 g/mol. The molecule has 4 nitrogen and oxygen atoms in total. The van der Waals surface area contributed by atoms with Crippen LogP contribution in [-0.2, 0) is 9.59 Å². The maximum atomic E-state index is 12.6. The molecule has 3 rings (SSSR count). The molecule has 0 aliphatic heterocycles. The third-order valence-corrected chi connectivity index (χ3v) is 5.05. The summed E-state index contributed by atoms with van der Waals surface area (Å²) in [5.41, 5.74) is 2.71. The Morgan fingerprint density at radius 3 is 2.21 bits per heavy atom. The molecule has 1 aromatic carbocycles. The van der Waals surface area contributed by atoms with E-state index in [-0.39, 0.29) is 29.1 Å². The third-order valence-electron chi connectivity index (χ3n) is 5.05. The SMILES string of the molecule is CC(C)=CC1C(C(=O)Nc2cccc(NC(=O)C3CC3)c2)C1(C)C. The second-order valence-electron chi connectivity index (χ2n) is 7.90. The highest BCUT2D eigenvalue weighted by atomic mass is 16.2. The average Bonchev–Trinajstić information content (AvgIpc) is 3.37. The van der Waals surface area contributed by atoms with Crippen LogP contribution in [0.4, 0.5) is 11.4 Å². The van der Waals surface area contributed by atoms with Crippen LogP contribution >= 0.6 is 0 Å². The lowest BCUT2D eigenvalue weighted by molar-refractivity contribution is -0.118. The van der Waals surface area contributed by atoms with E-state index < -0.39 is 0 Å². The van der Waals surface area contributed by atoms with Gasteiger partial charge in [-0.2, -0.15) is 0 Å². The van der Waals surface area contributed by atoms with Crippen molar-refractivity contribution < 1.29 is 9.59 Å². The van der Waals surface area contributed by atoms with Crippen molar-refractivity contribution in [2.75, 3.05) is 10.6 Å². The Kier molecular flexibility index (Phi) is 4.24. The zero-order valence-electron chi connectivity index (χ0n) is 14.8. The molecular formula is C20H26N2O2. The zero-order chi connectivity index (χ0) is 17.5. The first-order chi connectivity index (χ1) is 11.3. The molecule has 2 aliphatic carbocycles. The van der Waals surface area contributed by atoms with Crippen LogP contribution in [0.3, 0.4) is 0 Å². The fourth-order valence-electron chi connectivity index (χ4n) is 3.33. The van der Waals surface area contributed by atoms with Crippen molar-refractivity contribution in [1.82, 2.24) is 0 Å². The minimum atomic E-state index is -0.00267. The highest BCUT2D eigenvalue weighted by Gasteiger charge is 2.60. The van der Waals surface area contributed by atoms with Crippen LogP contribution in [0.25, 0.3) is 0 Å². The summed E-state index contributed by atoms with van der Waals surface area (Å²) in [6.07, 6.45) is 4.14. The fourth-order valence-corrected chi connectivity index (χ4v) is 3.33. The number of allylic oxidation sites excluding steroid dienone is 2. The lowest BCUT2D eigenvalue weighted by Crippen LogP contribution is -2.17. The first-order valence-corrected chi connectivity index (χ1v) is 8.66. The predicted octanol–water partition coefficient (Wildman–Crippen LogP) is 4.21. The highest BCUT2D eigenvalue weighted by molar-refractivity contribution is 5.98. The molecule has 2 N–H and O–H groups in total. The van der Waals surface area contributed by atoms with Gasteiger partial charge in [-0.3, -0.25) is 9.59 Å². The molecule has 2 fully saturated rings. The van der Waals surface area contributed by atoms with Crippen LogP contribution in [0.1, 0.15) is 40.5 Å². The summed E-state index contributed by atoms with van der Waals surface area (Å²) in [4.78, 5) is 24.5. The van der Waals surface area contributed by atoms with Crippen molar-refractivity contribution in [3.8, 4) is 0 Å². The van der Waals surface area contributed by atoms with Gasteiger partial charge in [-0.15, -0.1) is 0 Å². The lowest BCUT2D eigenvalue weighted by Gasteiger charge is -2.09. The molecule has 4 heteroatoms. The molecule has 2 atom stereocenters. The third kappa shape index (κ3) is 3.53. The van der Waals surface area contributed by atoms with Gasteiger partial charge in [0.05, 0.1) is 5.92 Å². The van der Waals surface area contributed by atoms with Crippen molar-refractivity contribution in [3.05, 3.63) is 35.9 Å². The quantitative estimate of drug-likeness (QED) is 0.796. The van der Waals surface area contributed by atoms with E-state index >= 15 is 0 Å². The zero-order valence-corrected chi connectivity index (χ0v) is 14.8. The molecule has 0 heterocycles. The molecule has 0 bridgehead atoms. The number of carbonyl (C=O) groups is 2. The Labute approximate surface area is 143 Å². The summed E-state index contributed by atoms with van der Waals surface area (Å²) < 4.78 is 0. The minimum Gasteiger partial charge on any atom is -0.326 e. The Morgan fingerprint density at radius 1 is 1.08 bits per heavy atom. The van der Waals surface area contributed by atoms with Gasteiger partial charge in [0.1, 0.15) is 0 Å². The van der Waals surface area contributed by atoms with Crippen molar-refractivity contribution >= 4 is 23.2 Å². The molecule has 24 heavy (non-hydrogen) atoms. The van der Waals surface area contributed by atoms with Crippen LogP contribution in [0.2, 0.25) is 0 Å². The predicted molar refractivity (Wildman–Crippen MR) is 96.6 cm³/mol. The number of anilines is 2. The highest BCUT2D eigenvalue weighted by Crippen LogP contribution is 2.59. The summed E-state index contributed by atoms with van der Waals surface area (Å²) >= 11 is 0. The van der Waals surface area contributed by atoms with Crippen LogP contribution in [-0.4, -0.2) is 11.8 Å². The van der Waals surface area contributed by atoms with E-state index in [1.807, 2.05) is 24.3 Å². The molecule has 0 spiro atoms. The van der Waals surface area contributed by atoms with Crippen LogP contribution in [0.15, 0.2) is 35.9 Å². The molecule has 0 saturated heterocycles. The van der Waals surface area contributed by atoms with Gasteiger partial charge in [0.2, 0.25) is 11.8 Å². The normalized spacial score (nSPS) is 24.0. The molecule has 2 saturated carbocycles. The standard InChI is InChI=1S/C20H26N2O2/c1-12(2)10-16-17(20(16,3)4)19(24)22-15-7-5-6-14(11-15)21-18(23)13-8-9-13/h5-7,10-11,13,16-17H,8-9H2,1-4H3,(H,21,23)(H,22,24). The van der Waals surface area contributed by atoms with Gasteiger partial charge in [-0.05, 0) is 56.2 Å². The molecule has 2 amide bonds. The summed E-state index contributed by atoms with van der Waals surface area (Å²) in [5, 5.41) is 5.92. The van der Waals surface area contributed by atoms with Crippen molar-refractivity contribution in [1.29, 1.82) is 0 Å². The molecule has 0 radical (unpaired) electrons. The summed E-state index contributed by atoms with van der Waals surface area (Å²) in [6, 6.07) is 7.38. The maximum absolute atomic E-state index is 12.6. The number of amides is 2. The number of rotatable bonds is 5. The largest absolute Gasteiger partial charge is 0.326 e. The second kappa shape index (κ2) is 6.08. The van der Waals surface area contributed by atoms with Crippen LogP contribution in [0, 0.1) is 23.2 Å². The topological polar surface area (TPSA) is 58.2 Å². The number of hydrogen-bond acceptors (Lipinski definition) is 2. The number of nitrogens with one attached hydrogen (secondary N) is 2. The van der Waals surface area contributed by atoms with Gasteiger partial charge in [-0.25, -0.2) is 0 Å². The van der Waals surface area contributed by atoms with Crippen molar-refractivity contribution in [3.63, 3.8) is 0 Å². The van der Waals surface area contributed by atoms with E-state index in [0.717, 1.165) is 24.2 Å². The first-order valence-electron chi connectivity index (χ1n) is 8.66. The number of hydrogen-bond donors (Lipinski definition) is 2. The maximum Gasteiger partial charge on any atom is 0.228 e. The molecule has 1 aromatic rings. The van der Waals surface area contributed by atoms with Gasteiger partial charge < -0.3 is 10.6 Å². The fraction of sp³-hybridized carbons (Fsp3) is 0.500. The molecular weight excluding hydrogens is 300 g/mol. The Morgan fingerprint density at radius 2 is 1.67 bits per heavy atom. The van der Waals surface area contributed by atoms with E-state index in [9.17, 15) is 9.59 Å². The summed E-state index contributed by atoms with van der Waals surface area (Å²) in [6.45, 7) is 8.39. The monoisotopic (exact) mass is 326 g/mol.